The summed E-state index contributed by atoms with van der Waals surface area (Å²) in [6, 6.07) is 5.48. The van der Waals surface area contributed by atoms with E-state index in [2.05, 4.69) is 4.98 Å². The molecule has 0 spiro atoms. The van der Waals surface area contributed by atoms with Crippen LogP contribution in [-0.2, 0) is 6.42 Å². The van der Waals surface area contributed by atoms with E-state index >= 15 is 0 Å². The molecule has 0 saturated heterocycles. The molecule has 0 unspecified atom stereocenters. The van der Waals surface area contributed by atoms with Gasteiger partial charge in [0.2, 0.25) is 0 Å². The van der Waals surface area contributed by atoms with Gasteiger partial charge in [-0.1, -0.05) is 11.6 Å². The highest BCUT2D eigenvalue weighted by molar-refractivity contribution is 6.31. The van der Waals surface area contributed by atoms with Crippen LogP contribution in [0.4, 0.5) is 0 Å². The molecule has 84 valence electrons. The average Bonchev–Trinajstić information content (AvgIpc) is 2.56. The minimum atomic E-state index is -0.0926. The van der Waals surface area contributed by atoms with Gasteiger partial charge in [-0.05, 0) is 31.4 Å². The number of rotatable bonds is 2. The van der Waals surface area contributed by atoms with Gasteiger partial charge in [0.1, 0.15) is 5.52 Å². The lowest BCUT2D eigenvalue weighted by Crippen LogP contribution is -2.48. The Labute approximate surface area is 98.6 Å². The number of halogens is 1. The van der Waals surface area contributed by atoms with E-state index in [0.29, 0.717) is 5.02 Å². The molecular weight excluding hydrogens is 224 g/mol. The fourth-order valence-corrected chi connectivity index (χ4v) is 2.29. The topological polar surface area (TPSA) is 52.0 Å². The van der Waals surface area contributed by atoms with Crippen LogP contribution >= 0.6 is 11.6 Å². The second kappa shape index (κ2) is 3.47. The Balaban J connectivity index is 1.93. The molecule has 1 aliphatic carbocycles. The predicted molar refractivity (Wildman–Crippen MR) is 63.5 cm³/mol. The van der Waals surface area contributed by atoms with Crippen LogP contribution in [0.1, 0.15) is 25.2 Å². The summed E-state index contributed by atoms with van der Waals surface area (Å²) in [5, 5.41) is 0.668. The van der Waals surface area contributed by atoms with Crippen molar-refractivity contribution in [1.82, 2.24) is 4.98 Å². The fourth-order valence-electron chi connectivity index (χ4n) is 2.13. The Morgan fingerprint density at radius 3 is 2.94 bits per heavy atom. The zero-order chi connectivity index (χ0) is 11.2. The van der Waals surface area contributed by atoms with Gasteiger partial charge in [-0.25, -0.2) is 4.98 Å². The molecule has 0 atom stereocenters. The summed E-state index contributed by atoms with van der Waals surface area (Å²) in [5.74, 6) is 0.722. The lowest BCUT2D eigenvalue weighted by molar-refractivity contribution is 0.232. The van der Waals surface area contributed by atoms with E-state index < -0.39 is 0 Å². The standard InChI is InChI=1S/C12H13ClN2O/c13-8-2-3-9-10(6-8)16-11(15-9)7-12(14)4-1-5-12/h2-3,6H,1,4-5,7,14H2. The number of fused-ring (bicyclic) bond motifs is 1. The predicted octanol–water partition coefficient (Wildman–Crippen LogP) is 2.91. The first-order valence-corrected chi connectivity index (χ1v) is 5.86. The van der Waals surface area contributed by atoms with Crippen molar-refractivity contribution in [3.63, 3.8) is 0 Å². The van der Waals surface area contributed by atoms with E-state index in [1.165, 1.54) is 6.42 Å². The third-order valence-electron chi connectivity index (χ3n) is 3.25. The third kappa shape index (κ3) is 1.70. The maximum absolute atomic E-state index is 6.16. The van der Waals surface area contributed by atoms with Crippen molar-refractivity contribution in [3.8, 4) is 0 Å². The molecule has 2 aromatic rings. The van der Waals surface area contributed by atoms with Gasteiger partial charge in [0.05, 0.1) is 0 Å². The van der Waals surface area contributed by atoms with Crippen LogP contribution in [0, 0.1) is 0 Å². The van der Waals surface area contributed by atoms with Crippen LogP contribution in [0.5, 0.6) is 0 Å². The molecule has 0 amide bonds. The molecule has 3 nitrogen and oxygen atoms in total. The van der Waals surface area contributed by atoms with E-state index in [0.717, 1.165) is 36.3 Å². The number of nitrogens with zero attached hydrogens (tertiary/aromatic N) is 1. The quantitative estimate of drug-likeness (QED) is 0.872. The first-order chi connectivity index (χ1) is 7.65. The molecule has 2 N–H and O–H groups in total. The van der Waals surface area contributed by atoms with Crippen molar-refractivity contribution in [1.29, 1.82) is 0 Å². The van der Waals surface area contributed by atoms with Crippen LogP contribution < -0.4 is 5.73 Å². The van der Waals surface area contributed by atoms with Crippen LogP contribution in [0.2, 0.25) is 5.02 Å². The van der Waals surface area contributed by atoms with Crippen molar-refractivity contribution in [3.05, 3.63) is 29.1 Å². The summed E-state index contributed by atoms with van der Waals surface area (Å²) in [6.07, 6.45) is 4.06. The average molecular weight is 237 g/mol. The minimum absolute atomic E-state index is 0.0926. The number of hydrogen-bond donors (Lipinski definition) is 1. The van der Waals surface area contributed by atoms with Crippen LogP contribution in [0.3, 0.4) is 0 Å². The van der Waals surface area contributed by atoms with Crippen LogP contribution in [0.15, 0.2) is 22.6 Å². The van der Waals surface area contributed by atoms with Gasteiger partial charge in [0.25, 0.3) is 0 Å². The molecule has 1 fully saturated rings. The SMILES string of the molecule is NC1(Cc2nc3ccc(Cl)cc3o2)CCC1. The van der Waals surface area contributed by atoms with Crippen LogP contribution in [-0.4, -0.2) is 10.5 Å². The minimum Gasteiger partial charge on any atom is -0.441 e. The van der Waals surface area contributed by atoms with Gasteiger partial charge in [-0.15, -0.1) is 0 Å². The molecule has 1 aromatic heterocycles. The van der Waals surface area contributed by atoms with Crippen molar-refractivity contribution in [2.24, 2.45) is 5.73 Å². The molecule has 0 aliphatic heterocycles. The zero-order valence-corrected chi connectivity index (χ0v) is 9.63. The van der Waals surface area contributed by atoms with Crippen molar-refractivity contribution < 1.29 is 4.42 Å². The second-order valence-electron chi connectivity index (χ2n) is 4.61. The largest absolute Gasteiger partial charge is 0.441 e. The van der Waals surface area contributed by atoms with Gasteiger partial charge in [-0.3, -0.25) is 0 Å². The Bertz CT molecular complexity index is 531. The Morgan fingerprint density at radius 1 is 1.44 bits per heavy atom. The van der Waals surface area contributed by atoms with Gasteiger partial charge in [0.15, 0.2) is 11.5 Å². The zero-order valence-electron chi connectivity index (χ0n) is 8.87. The smallest absolute Gasteiger partial charge is 0.197 e. The molecule has 1 saturated carbocycles. The molecule has 3 rings (SSSR count). The van der Waals surface area contributed by atoms with Gasteiger partial charge < -0.3 is 10.2 Å². The van der Waals surface area contributed by atoms with Gasteiger partial charge >= 0.3 is 0 Å². The summed E-state index contributed by atoms with van der Waals surface area (Å²) in [6.45, 7) is 0. The number of nitrogens with two attached hydrogens (primary N) is 1. The highest BCUT2D eigenvalue weighted by Gasteiger charge is 2.34. The fraction of sp³-hybridized carbons (Fsp3) is 0.417. The summed E-state index contributed by atoms with van der Waals surface area (Å²) in [4.78, 5) is 4.42. The molecule has 0 radical (unpaired) electrons. The molecule has 0 bridgehead atoms. The van der Waals surface area contributed by atoms with E-state index in [-0.39, 0.29) is 5.54 Å². The normalized spacial score (nSPS) is 18.6. The van der Waals surface area contributed by atoms with Gasteiger partial charge in [0, 0.05) is 23.0 Å². The number of benzene rings is 1. The molecule has 16 heavy (non-hydrogen) atoms. The van der Waals surface area contributed by atoms with E-state index in [1.54, 1.807) is 6.07 Å². The molecule has 1 aromatic carbocycles. The third-order valence-corrected chi connectivity index (χ3v) is 3.48. The molecule has 1 heterocycles. The highest BCUT2D eigenvalue weighted by Crippen LogP contribution is 2.33. The summed E-state index contributed by atoms with van der Waals surface area (Å²) >= 11 is 5.89. The molecular formula is C12H13ClN2O. The van der Waals surface area contributed by atoms with E-state index in [4.69, 9.17) is 21.8 Å². The maximum Gasteiger partial charge on any atom is 0.197 e. The van der Waals surface area contributed by atoms with Crippen LogP contribution in [0.25, 0.3) is 11.1 Å². The lowest BCUT2D eigenvalue weighted by Gasteiger charge is -2.36. The van der Waals surface area contributed by atoms with E-state index in [9.17, 15) is 0 Å². The first kappa shape index (κ1) is 10.1. The highest BCUT2D eigenvalue weighted by atomic mass is 35.5. The summed E-state index contributed by atoms with van der Waals surface area (Å²) < 4.78 is 5.64. The number of aromatic nitrogens is 1. The number of oxazole rings is 1. The monoisotopic (exact) mass is 236 g/mol. The van der Waals surface area contributed by atoms with Crippen molar-refractivity contribution in [2.75, 3.05) is 0 Å². The van der Waals surface area contributed by atoms with Crippen molar-refractivity contribution >= 4 is 22.7 Å². The van der Waals surface area contributed by atoms with E-state index in [1.807, 2.05) is 12.1 Å². The second-order valence-corrected chi connectivity index (χ2v) is 5.05. The lowest BCUT2D eigenvalue weighted by atomic mass is 9.75. The van der Waals surface area contributed by atoms with Gasteiger partial charge in [-0.2, -0.15) is 0 Å². The molecule has 1 aliphatic rings. The Hall–Kier alpha value is -1.06. The Morgan fingerprint density at radius 2 is 2.25 bits per heavy atom. The summed E-state index contributed by atoms with van der Waals surface area (Å²) in [5.41, 5.74) is 7.66. The summed E-state index contributed by atoms with van der Waals surface area (Å²) in [7, 11) is 0. The van der Waals surface area contributed by atoms with Crippen molar-refractivity contribution in [2.45, 2.75) is 31.2 Å². The first-order valence-electron chi connectivity index (χ1n) is 5.49. The maximum atomic E-state index is 6.16. The number of hydrogen-bond acceptors (Lipinski definition) is 3. The Kier molecular flexibility index (Phi) is 2.19. The molecule has 4 heteroatoms.